The molecule has 0 aromatic carbocycles. The normalized spacial score (nSPS) is 10.1. The molecule has 88 valence electrons. The second-order valence-electron chi connectivity index (χ2n) is 3.08. The molecule has 3 N–H and O–H groups in total. The number of carbonyl (C=O) groups is 1. The first-order valence-corrected chi connectivity index (χ1v) is 6.45. The van der Waals surface area contributed by atoms with Crippen molar-refractivity contribution in [2.45, 2.75) is 6.42 Å². The molecule has 1 aromatic rings. The quantitative estimate of drug-likeness (QED) is 0.603. The van der Waals surface area contributed by atoms with Gasteiger partial charge in [0, 0.05) is 6.20 Å². The summed E-state index contributed by atoms with van der Waals surface area (Å²) in [5.74, 6) is 1.23. The lowest BCUT2D eigenvalue weighted by Gasteiger charge is -2.05. The van der Waals surface area contributed by atoms with E-state index in [1.165, 1.54) is 0 Å². The average Bonchev–Trinajstić information content (AvgIpc) is 2.28. The van der Waals surface area contributed by atoms with Crippen molar-refractivity contribution in [3.8, 4) is 0 Å². The largest absolute Gasteiger partial charge is 0.330 e. The van der Waals surface area contributed by atoms with Gasteiger partial charge in [-0.3, -0.25) is 4.79 Å². The summed E-state index contributed by atoms with van der Waals surface area (Å²) in [5.41, 5.74) is 5.90. The number of hydrogen-bond donors (Lipinski definition) is 2. The van der Waals surface area contributed by atoms with Crippen LogP contribution in [0.1, 0.15) is 6.42 Å². The monoisotopic (exact) mass is 259 g/mol. The molecule has 0 saturated carbocycles. The zero-order chi connectivity index (χ0) is 11.8. The Morgan fingerprint density at radius 3 is 3.12 bits per heavy atom. The van der Waals surface area contributed by atoms with Crippen molar-refractivity contribution in [2.75, 3.05) is 23.4 Å². The van der Waals surface area contributed by atoms with Crippen LogP contribution >= 0.6 is 23.4 Å². The second-order valence-corrected chi connectivity index (χ2v) is 4.55. The van der Waals surface area contributed by atoms with Crippen molar-refractivity contribution >= 4 is 35.0 Å². The Morgan fingerprint density at radius 1 is 1.62 bits per heavy atom. The molecule has 1 amide bonds. The van der Waals surface area contributed by atoms with Crippen LogP contribution in [0.4, 0.5) is 5.69 Å². The molecule has 1 heterocycles. The van der Waals surface area contributed by atoms with Crippen LogP contribution in [0, 0.1) is 0 Å². The number of pyridine rings is 1. The Kier molecular flexibility index (Phi) is 6.22. The van der Waals surface area contributed by atoms with E-state index in [-0.39, 0.29) is 5.91 Å². The molecule has 1 rings (SSSR count). The molecular weight excluding hydrogens is 246 g/mol. The van der Waals surface area contributed by atoms with Crippen LogP contribution in [0.25, 0.3) is 0 Å². The van der Waals surface area contributed by atoms with E-state index in [1.54, 1.807) is 30.1 Å². The average molecular weight is 260 g/mol. The molecule has 0 fully saturated rings. The van der Waals surface area contributed by atoms with Crippen LogP contribution in [0.2, 0.25) is 5.15 Å². The number of hydrogen-bond acceptors (Lipinski definition) is 4. The standard InChI is InChI=1S/C10H14ClN3OS/c11-10-8(3-1-5-13-10)14-9(15)7-16-6-2-4-12/h1,3,5H,2,4,6-7,12H2,(H,14,15). The van der Waals surface area contributed by atoms with Crippen molar-refractivity contribution in [3.05, 3.63) is 23.5 Å². The van der Waals surface area contributed by atoms with E-state index in [9.17, 15) is 4.79 Å². The number of amides is 1. The number of nitrogens with zero attached hydrogens (tertiary/aromatic N) is 1. The van der Waals surface area contributed by atoms with Gasteiger partial charge >= 0.3 is 0 Å². The molecule has 0 spiro atoms. The third kappa shape index (κ3) is 4.83. The SMILES string of the molecule is NCCCSCC(=O)Nc1cccnc1Cl. The topological polar surface area (TPSA) is 68.0 Å². The molecule has 6 heteroatoms. The molecule has 1 aromatic heterocycles. The maximum absolute atomic E-state index is 11.5. The lowest BCUT2D eigenvalue weighted by Crippen LogP contribution is -2.15. The molecule has 0 unspecified atom stereocenters. The Morgan fingerprint density at radius 2 is 2.44 bits per heavy atom. The second kappa shape index (κ2) is 7.49. The smallest absolute Gasteiger partial charge is 0.234 e. The molecule has 0 saturated heterocycles. The Labute approximate surface area is 104 Å². The Hall–Kier alpha value is -0.780. The zero-order valence-corrected chi connectivity index (χ0v) is 10.4. The third-order valence-electron chi connectivity index (χ3n) is 1.76. The van der Waals surface area contributed by atoms with Gasteiger partial charge in [0.25, 0.3) is 0 Å². The minimum Gasteiger partial charge on any atom is -0.330 e. The highest BCUT2D eigenvalue weighted by Gasteiger charge is 2.05. The molecule has 0 bridgehead atoms. The summed E-state index contributed by atoms with van der Waals surface area (Å²) in [5, 5.41) is 3.01. The number of rotatable bonds is 6. The number of carbonyl (C=O) groups excluding carboxylic acids is 1. The Bertz CT molecular complexity index is 349. The third-order valence-corrected chi connectivity index (χ3v) is 3.10. The summed E-state index contributed by atoms with van der Waals surface area (Å²) < 4.78 is 0. The molecule has 0 aliphatic heterocycles. The number of halogens is 1. The van der Waals surface area contributed by atoms with E-state index in [1.807, 2.05) is 0 Å². The van der Waals surface area contributed by atoms with Gasteiger partial charge in [0.2, 0.25) is 5.91 Å². The van der Waals surface area contributed by atoms with Gasteiger partial charge in [0.05, 0.1) is 11.4 Å². The van der Waals surface area contributed by atoms with E-state index < -0.39 is 0 Å². The van der Waals surface area contributed by atoms with E-state index in [2.05, 4.69) is 10.3 Å². The van der Waals surface area contributed by atoms with Gasteiger partial charge in [-0.25, -0.2) is 4.98 Å². The molecule has 0 radical (unpaired) electrons. The molecule has 4 nitrogen and oxygen atoms in total. The van der Waals surface area contributed by atoms with Crippen molar-refractivity contribution in [1.82, 2.24) is 4.98 Å². The molecule has 0 atom stereocenters. The lowest BCUT2D eigenvalue weighted by atomic mass is 10.4. The van der Waals surface area contributed by atoms with Gasteiger partial charge < -0.3 is 11.1 Å². The first kappa shape index (κ1) is 13.3. The van der Waals surface area contributed by atoms with Gasteiger partial charge in [0.15, 0.2) is 5.15 Å². The van der Waals surface area contributed by atoms with Crippen molar-refractivity contribution in [3.63, 3.8) is 0 Å². The highest BCUT2D eigenvalue weighted by Crippen LogP contribution is 2.17. The first-order valence-electron chi connectivity index (χ1n) is 4.92. The minimum atomic E-state index is -0.0723. The fourth-order valence-electron chi connectivity index (χ4n) is 1.02. The summed E-state index contributed by atoms with van der Waals surface area (Å²) in [6.07, 6.45) is 2.50. The maximum atomic E-state index is 11.5. The van der Waals surface area contributed by atoms with Gasteiger partial charge in [-0.05, 0) is 30.9 Å². The summed E-state index contributed by atoms with van der Waals surface area (Å²) in [4.78, 5) is 15.3. The Balaban J connectivity index is 2.32. The van der Waals surface area contributed by atoms with E-state index in [0.29, 0.717) is 23.1 Å². The number of aromatic nitrogens is 1. The zero-order valence-electron chi connectivity index (χ0n) is 8.78. The fourth-order valence-corrected chi connectivity index (χ4v) is 1.96. The lowest BCUT2D eigenvalue weighted by molar-refractivity contribution is -0.113. The molecular formula is C10H14ClN3OS. The number of nitrogens with two attached hydrogens (primary N) is 1. The van der Waals surface area contributed by atoms with Crippen LogP contribution in [0.15, 0.2) is 18.3 Å². The molecule has 0 aliphatic carbocycles. The number of thioether (sulfide) groups is 1. The van der Waals surface area contributed by atoms with Gasteiger partial charge in [0.1, 0.15) is 0 Å². The number of nitrogens with one attached hydrogen (secondary N) is 1. The summed E-state index contributed by atoms with van der Waals surface area (Å²) in [6.45, 7) is 0.656. The highest BCUT2D eigenvalue weighted by molar-refractivity contribution is 7.99. The maximum Gasteiger partial charge on any atom is 0.234 e. The summed E-state index contributed by atoms with van der Waals surface area (Å²) >= 11 is 7.36. The fraction of sp³-hybridized carbons (Fsp3) is 0.400. The van der Waals surface area contributed by atoms with Crippen LogP contribution in [0.5, 0.6) is 0 Å². The minimum absolute atomic E-state index is 0.0723. The predicted octanol–water partition coefficient (Wildman–Crippen LogP) is 1.76. The molecule has 0 aliphatic rings. The van der Waals surface area contributed by atoms with Gasteiger partial charge in [-0.1, -0.05) is 11.6 Å². The van der Waals surface area contributed by atoms with Crippen LogP contribution in [-0.2, 0) is 4.79 Å². The van der Waals surface area contributed by atoms with E-state index >= 15 is 0 Å². The van der Waals surface area contributed by atoms with Crippen LogP contribution in [-0.4, -0.2) is 28.9 Å². The van der Waals surface area contributed by atoms with Crippen LogP contribution < -0.4 is 11.1 Å². The van der Waals surface area contributed by atoms with Crippen LogP contribution in [0.3, 0.4) is 0 Å². The van der Waals surface area contributed by atoms with Gasteiger partial charge in [-0.15, -0.1) is 0 Å². The van der Waals surface area contributed by atoms with Crippen molar-refractivity contribution < 1.29 is 4.79 Å². The van der Waals surface area contributed by atoms with E-state index in [4.69, 9.17) is 17.3 Å². The first-order chi connectivity index (χ1) is 7.74. The summed E-state index contributed by atoms with van der Waals surface area (Å²) in [7, 11) is 0. The molecule has 16 heavy (non-hydrogen) atoms. The highest BCUT2D eigenvalue weighted by atomic mass is 35.5. The summed E-state index contributed by atoms with van der Waals surface area (Å²) in [6, 6.07) is 3.45. The van der Waals surface area contributed by atoms with Gasteiger partial charge in [-0.2, -0.15) is 11.8 Å². The van der Waals surface area contributed by atoms with Crippen molar-refractivity contribution in [2.24, 2.45) is 5.73 Å². The van der Waals surface area contributed by atoms with E-state index in [0.717, 1.165) is 12.2 Å². The van der Waals surface area contributed by atoms with Crippen molar-refractivity contribution in [1.29, 1.82) is 0 Å². The predicted molar refractivity (Wildman–Crippen MR) is 68.9 cm³/mol. The number of anilines is 1.